The lowest BCUT2D eigenvalue weighted by Crippen LogP contribution is -2.49. The molecular weight excluding hydrogens is 354 g/mol. The van der Waals surface area contributed by atoms with Crippen molar-refractivity contribution in [2.45, 2.75) is 38.6 Å². The van der Waals surface area contributed by atoms with Crippen LogP contribution in [0.2, 0.25) is 0 Å². The van der Waals surface area contributed by atoms with Gasteiger partial charge in [0, 0.05) is 24.7 Å². The second-order valence-corrected chi connectivity index (χ2v) is 8.37. The Hall–Kier alpha value is -1.93. The van der Waals surface area contributed by atoms with E-state index in [1.165, 1.54) is 0 Å². The number of amides is 2. The highest BCUT2D eigenvalue weighted by molar-refractivity contribution is 7.89. The van der Waals surface area contributed by atoms with Gasteiger partial charge in [0.25, 0.3) is 5.91 Å². The summed E-state index contributed by atoms with van der Waals surface area (Å²) in [5, 5.41) is 2.63. The van der Waals surface area contributed by atoms with E-state index < -0.39 is 10.0 Å². The van der Waals surface area contributed by atoms with E-state index in [-0.39, 0.29) is 30.2 Å². The van der Waals surface area contributed by atoms with E-state index in [2.05, 4.69) is 10.0 Å². The van der Waals surface area contributed by atoms with E-state index in [1.54, 1.807) is 29.2 Å². The summed E-state index contributed by atoms with van der Waals surface area (Å²) in [6.45, 7) is 2.87. The Kier molecular flexibility index (Phi) is 7.59. The topological polar surface area (TPSA) is 95.6 Å². The molecule has 7 nitrogen and oxygen atoms in total. The van der Waals surface area contributed by atoms with Crippen molar-refractivity contribution in [3.05, 3.63) is 35.9 Å². The number of nitrogens with zero attached hydrogens (tertiary/aromatic N) is 1. The zero-order valence-electron chi connectivity index (χ0n) is 15.1. The summed E-state index contributed by atoms with van der Waals surface area (Å²) < 4.78 is 26.6. The fraction of sp³-hybridized carbons (Fsp3) is 0.556. The van der Waals surface area contributed by atoms with Crippen LogP contribution < -0.4 is 10.0 Å². The third-order valence-corrected chi connectivity index (χ3v) is 5.92. The van der Waals surface area contributed by atoms with E-state index in [0.29, 0.717) is 37.9 Å². The number of likely N-dealkylation sites (tertiary alicyclic amines) is 1. The minimum Gasteiger partial charge on any atom is -0.343 e. The first-order valence-electron chi connectivity index (χ1n) is 9.02. The van der Waals surface area contributed by atoms with Gasteiger partial charge in [-0.3, -0.25) is 9.59 Å². The van der Waals surface area contributed by atoms with Crippen molar-refractivity contribution in [2.24, 2.45) is 0 Å². The SMILES string of the molecule is CCCCS(=O)(=O)NC1CCN(C(=O)CNC(=O)c2ccccc2)CC1. The summed E-state index contributed by atoms with van der Waals surface area (Å²) in [7, 11) is -3.24. The van der Waals surface area contributed by atoms with Gasteiger partial charge in [0.15, 0.2) is 0 Å². The van der Waals surface area contributed by atoms with Gasteiger partial charge < -0.3 is 10.2 Å². The molecule has 8 heteroatoms. The molecule has 0 bridgehead atoms. The van der Waals surface area contributed by atoms with Crippen LogP contribution in [0.5, 0.6) is 0 Å². The van der Waals surface area contributed by atoms with Crippen LogP contribution in [0.15, 0.2) is 30.3 Å². The monoisotopic (exact) mass is 381 g/mol. The van der Waals surface area contributed by atoms with Crippen LogP contribution >= 0.6 is 0 Å². The van der Waals surface area contributed by atoms with Gasteiger partial charge in [0.2, 0.25) is 15.9 Å². The Balaban J connectivity index is 1.73. The van der Waals surface area contributed by atoms with Crippen molar-refractivity contribution in [2.75, 3.05) is 25.4 Å². The number of benzene rings is 1. The maximum Gasteiger partial charge on any atom is 0.251 e. The summed E-state index contributed by atoms with van der Waals surface area (Å²) in [6.07, 6.45) is 2.66. The largest absolute Gasteiger partial charge is 0.343 e. The van der Waals surface area contributed by atoms with Crippen LogP contribution in [-0.4, -0.2) is 56.6 Å². The quantitative estimate of drug-likeness (QED) is 0.705. The Morgan fingerprint density at radius 2 is 1.81 bits per heavy atom. The second-order valence-electron chi connectivity index (χ2n) is 6.49. The normalized spacial score (nSPS) is 15.7. The molecule has 2 N–H and O–H groups in total. The van der Waals surface area contributed by atoms with Crippen molar-refractivity contribution >= 4 is 21.8 Å². The molecule has 1 saturated heterocycles. The van der Waals surface area contributed by atoms with Gasteiger partial charge >= 0.3 is 0 Å². The molecule has 0 aliphatic carbocycles. The molecule has 0 unspecified atom stereocenters. The predicted octanol–water partition coefficient (Wildman–Crippen LogP) is 1.13. The molecule has 0 aromatic heterocycles. The third kappa shape index (κ3) is 6.42. The van der Waals surface area contributed by atoms with Gasteiger partial charge in [-0.2, -0.15) is 0 Å². The Morgan fingerprint density at radius 3 is 2.42 bits per heavy atom. The lowest BCUT2D eigenvalue weighted by molar-refractivity contribution is -0.131. The first-order chi connectivity index (χ1) is 12.4. The molecule has 0 radical (unpaired) electrons. The average Bonchev–Trinajstić information content (AvgIpc) is 2.65. The number of hydrogen-bond acceptors (Lipinski definition) is 4. The molecule has 2 amide bonds. The number of unbranched alkanes of at least 4 members (excludes halogenated alkanes) is 1. The maximum absolute atomic E-state index is 12.2. The number of sulfonamides is 1. The van der Waals surface area contributed by atoms with Crippen LogP contribution in [0.3, 0.4) is 0 Å². The zero-order valence-corrected chi connectivity index (χ0v) is 15.9. The molecule has 1 aromatic carbocycles. The van der Waals surface area contributed by atoms with Crippen molar-refractivity contribution in [1.29, 1.82) is 0 Å². The molecule has 1 aliphatic rings. The van der Waals surface area contributed by atoms with Crippen LogP contribution in [0, 0.1) is 0 Å². The fourth-order valence-corrected chi connectivity index (χ4v) is 4.38. The first-order valence-corrected chi connectivity index (χ1v) is 10.7. The van der Waals surface area contributed by atoms with Crippen LogP contribution in [0.4, 0.5) is 0 Å². The minimum atomic E-state index is -3.24. The highest BCUT2D eigenvalue weighted by Crippen LogP contribution is 2.12. The molecule has 1 fully saturated rings. The molecule has 0 spiro atoms. The van der Waals surface area contributed by atoms with Crippen molar-refractivity contribution in [3.63, 3.8) is 0 Å². The number of hydrogen-bond donors (Lipinski definition) is 2. The van der Waals surface area contributed by atoms with E-state index in [9.17, 15) is 18.0 Å². The lowest BCUT2D eigenvalue weighted by atomic mass is 10.1. The molecule has 1 aromatic rings. The number of carbonyl (C=O) groups is 2. The molecule has 0 saturated carbocycles. The summed E-state index contributed by atoms with van der Waals surface area (Å²) >= 11 is 0. The lowest BCUT2D eigenvalue weighted by Gasteiger charge is -2.32. The number of carbonyl (C=O) groups excluding carboxylic acids is 2. The highest BCUT2D eigenvalue weighted by atomic mass is 32.2. The van der Waals surface area contributed by atoms with Gasteiger partial charge in [-0.05, 0) is 31.4 Å². The van der Waals surface area contributed by atoms with Gasteiger partial charge in [0.1, 0.15) is 0 Å². The van der Waals surface area contributed by atoms with Gasteiger partial charge in [-0.15, -0.1) is 0 Å². The fourth-order valence-electron chi connectivity index (χ4n) is 2.85. The Bertz CT molecular complexity index is 698. The van der Waals surface area contributed by atoms with Crippen molar-refractivity contribution < 1.29 is 18.0 Å². The highest BCUT2D eigenvalue weighted by Gasteiger charge is 2.25. The van der Waals surface area contributed by atoms with E-state index in [0.717, 1.165) is 6.42 Å². The number of nitrogens with one attached hydrogen (secondary N) is 2. The van der Waals surface area contributed by atoms with Crippen LogP contribution in [-0.2, 0) is 14.8 Å². The zero-order chi connectivity index (χ0) is 19.0. The van der Waals surface area contributed by atoms with Gasteiger partial charge in [0.05, 0.1) is 12.3 Å². The molecule has 0 atom stereocenters. The van der Waals surface area contributed by atoms with Crippen molar-refractivity contribution in [3.8, 4) is 0 Å². The summed E-state index contributed by atoms with van der Waals surface area (Å²) in [5.74, 6) is -0.284. The number of piperidine rings is 1. The van der Waals surface area contributed by atoms with E-state index >= 15 is 0 Å². The van der Waals surface area contributed by atoms with Crippen molar-refractivity contribution in [1.82, 2.24) is 14.9 Å². The average molecular weight is 381 g/mol. The maximum atomic E-state index is 12.2. The standard InChI is InChI=1S/C18H27N3O4S/c1-2-3-13-26(24,25)20-16-9-11-21(12-10-16)17(22)14-19-18(23)15-7-5-4-6-8-15/h4-8,16,20H,2-3,9-14H2,1H3,(H,19,23). The molecule has 144 valence electrons. The second kappa shape index (κ2) is 9.68. The van der Waals surface area contributed by atoms with Gasteiger partial charge in [-0.1, -0.05) is 31.5 Å². The van der Waals surface area contributed by atoms with Crippen LogP contribution in [0.25, 0.3) is 0 Å². The molecule has 1 aliphatic heterocycles. The summed E-state index contributed by atoms with van der Waals surface area (Å²) in [6, 6.07) is 8.61. The minimum absolute atomic E-state index is 0.0549. The smallest absolute Gasteiger partial charge is 0.251 e. The summed E-state index contributed by atoms with van der Waals surface area (Å²) in [5.41, 5.74) is 0.514. The van der Waals surface area contributed by atoms with Crippen LogP contribution in [0.1, 0.15) is 43.0 Å². The predicted molar refractivity (Wildman–Crippen MR) is 100 cm³/mol. The van der Waals surface area contributed by atoms with E-state index in [4.69, 9.17) is 0 Å². The number of rotatable bonds is 8. The Morgan fingerprint density at radius 1 is 1.15 bits per heavy atom. The van der Waals surface area contributed by atoms with Gasteiger partial charge in [-0.25, -0.2) is 13.1 Å². The molecule has 26 heavy (non-hydrogen) atoms. The first kappa shape index (κ1) is 20.4. The molecule has 1 heterocycles. The Labute approximate surface area is 155 Å². The summed E-state index contributed by atoms with van der Waals surface area (Å²) in [4.78, 5) is 25.9. The molecule has 2 rings (SSSR count). The third-order valence-electron chi connectivity index (χ3n) is 4.40. The van der Waals surface area contributed by atoms with E-state index in [1.807, 2.05) is 13.0 Å². The molecular formula is C18H27N3O4S.